The fraction of sp³-hybridized carbons (Fsp3) is 0.160. The average Bonchev–Trinajstić information content (AvgIpc) is 3.43. The van der Waals surface area contributed by atoms with Crippen molar-refractivity contribution >= 4 is 41.2 Å². The largest absolute Gasteiger partial charge is 0.469 e. The van der Waals surface area contributed by atoms with Gasteiger partial charge in [-0.1, -0.05) is 47.5 Å². The van der Waals surface area contributed by atoms with E-state index < -0.39 is 6.04 Å². The number of aromatic nitrogens is 6. The Labute approximate surface area is 222 Å². The van der Waals surface area contributed by atoms with E-state index in [4.69, 9.17) is 27.9 Å². The second-order valence-corrected chi connectivity index (χ2v) is 8.74. The van der Waals surface area contributed by atoms with E-state index in [2.05, 4.69) is 31.0 Å². The normalized spacial score (nSPS) is 11.9. The lowest BCUT2D eigenvalue weighted by Gasteiger charge is -2.15. The third-order valence-corrected chi connectivity index (χ3v) is 5.96. The van der Waals surface area contributed by atoms with Gasteiger partial charge in [0.25, 0.3) is 0 Å². The van der Waals surface area contributed by atoms with Gasteiger partial charge in [0.05, 0.1) is 31.0 Å². The van der Waals surface area contributed by atoms with Crippen molar-refractivity contribution in [3.63, 3.8) is 0 Å². The van der Waals surface area contributed by atoms with Crippen molar-refractivity contribution < 1.29 is 14.3 Å². The molecule has 1 N–H and O–H groups in total. The highest BCUT2D eigenvalue weighted by Crippen LogP contribution is 2.26. The molecule has 188 valence electrons. The summed E-state index contributed by atoms with van der Waals surface area (Å²) in [4.78, 5) is 24.2. The number of carbonyl (C=O) groups is 2. The first-order valence-corrected chi connectivity index (χ1v) is 11.8. The monoisotopic (exact) mass is 537 g/mol. The molecule has 1 atom stereocenters. The fourth-order valence-corrected chi connectivity index (χ4v) is 3.95. The summed E-state index contributed by atoms with van der Waals surface area (Å²) in [6.07, 6.45) is 4.64. The highest BCUT2D eigenvalue weighted by Gasteiger charge is 2.16. The molecule has 4 aromatic rings. The van der Waals surface area contributed by atoms with Gasteiger partial charge in [-0.25, -0.2) is 0 Å². The summed E-state index contributed by atoms with van der Waals surface area (Å²) in [7, 11) is 1.35. The highest BCUT2D eigenvalue weighted by atomic mass is 35.5. The quantitative estimate of drug-likeness (QED) is 0.263. The van der Waals surface area contributed by atoms with Gasteiger partial charge in [-0.2, -0.15) is 4.68 Å². The minimum Gasteiger partial charge on any atom is -0.469 e. The molecule has 0 bridgehead atoms. The van der Waals surface area contributed by atoms with Crippen LogP contribution >= 0.6 is 23.2 Å². The number of halogens is 2. The van der Waals surface area contributed by atoms with Crippen molar-refractivity contribution in [2.75, 3.05) is 7.11 Å². The Bertz CT molecular complexity index is 1440. The molecule has 0 saturated carbocycles. The number of methoxy groups -OCH3 is 1. The molecule has 0 saturated heterocycles. The summed E-state index contributed by atoms with van der Waals surface area (Å²) in [6.45, 7) is 1.80. The van der Waals surface area contributed by atoms with E-state index in [0.29, 0.717) is 27.5 Å². The first-order chi connectivity index (χ1) is 17.8. The Kier molecular flexibility index (Phi) is 8.22. The summed E-state index contributed by atoms with van der Waals surface area (Å²) in [6, 6.07) is 13.8. The second kappa shape index (κ2) is 11.7. The molecule has 0 aliphatic rings. The Morgan fingerprint density at radius 2 is 1.89 bits per heavy atom. The van der Waals surface area contributed by atoms with Crippen molar-refractivity contribution in [1.82, 2.24) is 35.7 Å². The maximum atomic E-state index is 12.7. The Morgan fingerprint density at radius 3 is 2.59 bits per heavy atom. The van der Waals surface area contributed by atoms with Gasteiger partial charge in [0.15, 0.2) is 5.15 Å². The zero-order valence-electron chi connectivity index (χ0n) is 19.8. The number of nitrogens with zero attached hydrogens (tertiary/aromatic N) is 6. The SMILES string of the molecule is COC(=O)Cc1ccc(-c2cc(C(C)NC(=O)/C=C/c3cc(Cl)ccc3-n3cnnn3)c(Cl)nn2)cc1. The van der Waals surface area contributed by atoms with E-state index in [1.54, 1.807) is 37.3 Å². The summed E-state index contributed by atoms with van der Waals surface area (Å²) in [5, 5.41) is 22.9. The minimum atomic E-state index is -0.462. The van der Waals surface area contributed by atoms with Gasteiger partial charge >= 0.3 is 5.97 Å². The maximum Gasteiger partial charge on any atom is 0.309 e. The third-order valence-electron chi connectivity index (χ3n) is 5.43. The number of carbonyl (C=O) groups excluding carboxylic acids is 2. The number of hydrogen-bond acceptors (Lipinski definition) is 8. The van der Waals surface area contributed by atoms with Gasteiger partial charge in [-0.05, 0) is 53.3 Å². The zero-order chi connectivity index (χ0) is 26.4. The van der Waals surface area contributed by atoms with Crippen LogP contribution in [0.1, 0.15) is 29.7 Å². The van der Waals surface area contributed by atoms with Crippen LogP contribution < -0.4 is 5.32 Å². The molecule has 0 aliphatic heterocycles. The van der Waals surface area contributed by atoms with Crippen molar-refractivity contribution in [2.24, 2.45) is 0 Å². The van der Waals surface area contributed by atoms with E-state index in [-0.39, 0.29) is 23.5 Å². The van der Waals surface area contributed by atoms with Crippen molar-refractivity contribution in [3.8, 4) is 16.9 Å². The number of nitrogens with one attached hydrogen (secondary N) is 1. The van der Waals surface area contributed by atoms with Gasteiger partial charge in [0, 0.05) is 27.8 Å². The molecule has 0 fully saturated rings. The standard InChI is InChI=1S/C25H21Cl2N7O3/c1-15(29-23(35)10-7-18-12-19(26)8-9-22(18)34-14-28-32-33-34)20-13-21(30-31-25(20)27)17-5-3-16(4-6-17)11-24(36)37-2/h3-10,12-15H,11H2,1-2H3,(H,29,35)/b10-7+. The van der Waals surface area contributed by atoms with Gasteiger partial charge in [-0.15, -0.1) is 15.3 Å². The van der Waals surface area contributed by atoms with Crippen LogP contribution in [-0.4, -0.2) is 49.4 Å². The van der Waals surface area contributed by atoms with E-state index in [0.717, 1.165) is 11.1 Å². The highest BCUT2D eigenvalue weighted by molar-refractivity contribution is 6.31. The summed E-state index contributed by atoms with van der Waals surface area (Å²) in [5.74, 6) is -0.668. The number of benzene rings is 2. The molecule has 1 unspecified atom stereocenters. The van der Waals surface area contributed by atoms with Crippen LogP contribution in [-0.2, 0) is 20.7 Å². The predicted molar refractivity (Wildman–Crippen MR) is 138 cm³/mol. The summed E-state index contributed by atoms with van der Waals surface area (Å²) >= 11 is 12.4. The van der Waals surface area contributed by atoms with Gasteiger partial charge in [-0.3, -0.25) is 9.59 Å². The molecule has 4 rings (SSSR count). The van der Waals surface area contributed by atoms with Gasteiger partial charge in [0.1, 0.15) is 6.33 Å². The van der Waals surface area contributed by atoms with Crippen LogP contribution in [0.25, 0.3) is 23.0 Å². The Morgan fingerprint density at radius 1 is 1.11 bits per heavy atom. The number of ether oxygens (including phenoxy) is 1. The fourth-order valence-electron chi connectivity index (χ4n) is 3.51. The average molecular weight is 538 g/mol. The molecular formula is C25H21Cl2N7O3. The van der Waals surface area contributed by atoms with Crippen molar-refractivity contribution in [3.05, 3.63) is 87.8 Å². The lowest BCUT2D eigenvalue weighted by molar-refractivity contribution is -0.139. The molecule has 10 nitrogen and oxygen atoms in total. The van der Waals surface area contributed by atoms with E-state index in [1.165, 1.54) is 24.2 Å². The van der Waals surface area contributed by atoms with Crippen LogP contribution in [0.5, 0.6) is 0 Å². The van der Waals surface area contributed by atoms with Crippen LogP contribution in [0.4, 0.5) is 0 Å². The number of esters is 1. The topological polar surface area (TPSA) is 125 Å². The molecular weight excluding hydrogens is 517 g/mol. The third kappa shape index (κ3) is 6.54. The molecule has 2 heterocycles. The molecule has 2 aromatic carbocycles. The van der Waals surface area contributed by atoms with Crippen LogP contribution in [0.15, 0.2) is 60.9 Å². The smallest absolute Gasteiger partial charge is 0.309 e. The molecule has 0 aliphatic carbocycles. The first kappa shape index (κ1) is 25.9. The molecule has 1 amide bonds. The second-order valence-electron chi connectivity index (χ2n) is 7.95. The van der Waals surface area contributed by atoms with Crippen LogP contribution in [0, 0.1) is 0 Å². The van der Waals surface area contributed by atoms with Crippen molar-refractivity contribution in [2.45, 2.75) is 19.4 Å². The van der Waals surface area contributed by atoms with Crippen molar-refractivity contribution in [1.29, 1.82) is 0 Å². The van der Waals surface area contributed by atoms with Crippen LogP contribution in [0.3, 0.4) is 0 Å². The number of tetrazole rings is 1. The molecule has 37 heavy (non-hydrogen) atoms. The van der Waals surface area contributed by atoms with E-state index in [9.17, 15) is 9.59 Å². The number of rotatable bonds is 8. The maximum absolute atomic E-state index is 12.7. The zero-order valence-corrected chi connectivity index (χ0v) is 21.3. The Balaban J connectivity index is 1.48. The predicted octanol–water partition coefficient (Wildman–Crippen LogP) is 4.03. The summed E-state index contributed by atoms with van der Waals surface area (Å²) in [5.41, 5.74) is 4.09. The minimum absolute atomic E-state index is 0.178. The summed E-state index contributed by atoms with van der Waals surface area (Å²) < 4.78 is 6.17. The molecule has 0 spiro atoms. The lowest BCUT2D eigenvalue weighted by atomic mass is 10.0. The molecule has 12 heteroatoms. The molecule has 0 radical (unpaired) electrons. The lowest BCUT2D eigenvalue weighted by Crippen LogP contribution is -2.25. The van der Waals surface area contributed by atoms with E-state index >= 15 is 0 Å². The Hall–Kier alpha value is -4.15. The van der Waals surface area contributed by atoms with E-state index in [1.807, 2.05) is 24.3 Å². The van der Waals surface area contributed by atoms with Crippen LogP contribution in [0.2, 0.25) is 10.2 Å². The first-order valence-electron chi connectivity index (χ1n) is 11.0. The molecule has 2 aromatic heterocycles. The number of amides is 1. The number of hydrogen-bond donors (Lipinski definition) is 1. The van der Waals surface area contributed by atoms with Gasteiger partial charge < -0.3 is 10.1 Å². The van der Waals surface area contributed by atoms with Gasteiger partial charge in [0.2, 0.25) is 5.91 Å².